The summed E-state index contributed by atoms with van der Waals surface area (Å²) in [5, 5.41) is 9.37. The van der Waals surface area contributed by atoms with Crippen molar-refractivity contribution in [2.24, 2.45) is 5.92 Å². The number of aliphatic hydroxyl groups excluding tert-OH is 1. The van der Waals surface area contributed by atoms with Crippen molar-refractivity contribution in [1.82, 2.24) is 9.97 Å². The summed E-state index contributed by atoms with van der Waals surface area (Å²) in [6, 6.07) is 0. The first kappa shape index (κ1) is 14.2. The number of rotatable bonds is 4. The third-order valence-corrected chi connectivity index (χ3v) is 3.38. The number of hydrogen-bond acceptors (Lipinski definition) is 5. The highest BCUT2D eigenvalue weighted by atomic mass is 16.5. The second kappa shape index (κ2) is 6.82. The molecule has 1 aliphatic rings. The van der Waals surface area contributed by atoms with Gasteiger partial charge in [-0.3, -0.25) is 0 Å². The van der Waals surface area contributed by atoms with Crippen molar-refractivity contribution in [1.29, 1.82) is 0 Å². The Hall–Kier alpha value is -1.20. The molecule has 1 fully saturated rings. The van der Waals surface area contributed by atoms with E-state index < -0.39 is 0 Å². The Morgan fingerprint density at radius 1 is 1.53 bits per heavy atom. The molecule has 1 unspecified atom stereocenters. The highest BCUT2D eigenvalue weighted by molar-refractivity contribution is 5.46. The Morgan fingerprint density at radius 2 is 2.37 bits per heavy atom. The minimum absolute atomic E-state index is 0.156. The van der Waals surface area contributed by atoms with Crippen LogP contribution in [0.2, 0.25) is 0 Å². The van der Waals surface area contributed by atoms with Gasteiger partial charge in [-0.25, -0.2) is 9.97 Å². The molecule has 0 radical (unpaired) electrons. The lowest BCUT2D eigenvalue weighted by Crippen LogP contribution is -2.33. The number of nitrogens with zero attached hydrogens (tertiary/aromatic N) is 3. The summed E-state index contributed by atoms with van der Waals surface area (Å²) in [6.45, 7) is 7.16. The van der Waals surface area contributed by atoms with Gasteiger partial charge in [-0.2, -0.15) is 0 Å². The van der Waals surface area contributed by atoms with Gasteiger partial charge in [-0.05, 0) is 13.3 Å². The fraction of sp³-hybridized carbons (Fsp3) is 0.714. The second-order valence-corrected chi connectivity index (χ2v) is 5.09. The Morgan fingerprint density at radius 3 is 3.11 bits per heavy atom. The van der Waals surface area contributed by atoms with Crippen LogP contribution in [0.3, 0.4) is 0 Å². The molecule has 1 saturated heterocycles. The van der Waals surface area contributed by atoms with Crippen LogP contribution in [-0.2, 0) is 11.2 Å². The highest BCUT2D eigenvalue weighted by Crippen LogP contribution is 2.21. The van der Waals surface area contributed by atoms with Crippen molar-refractivity contribution in [3.63, 3.8) is 0 Å². The maximum Gasteiger partial charge on any atom is 0.135 e. The lowest BCUT2D eigenvalue weighted by molar-refractivity contribution is 0.0959. The van der Waals surface area contributed by atoms with Crippen molar-refractivity contribution in [3.05, 3.63) is 17.6 Å². The van der Waals surface area contributed by atoms with Crippen LogP contribution in [0.25, 0.3) is 0 Å². The lowest BCUT2D eigenvalue weighted by atomic mass is 10.1. The standard InChI is InChI=1S/C14H23N3O2/c1-3-4-13-7-15-11(2)16-14(13)17-5-6-19-10-12(8-17)9-18/h7,12,18H,3-6,8-10H2,1-2H3. The molecule has 1 aromatic heterocycles. The van der Waals surface area contributed by atoms with Crippen LogP contribution in [0, 0.1) is 12.8 Å². The molecule has 0 spiro atoms. The number of aryl methyl sites for hydroxylation is 2. The number of hydrogen-bond donors (Lipinski definition) is 1. The Bertz CT molecular complexity index is 412. The second-order valence-electron chi connectivity index (χ2n) is 5.09. The first-order valence-corrected chi connectivity index (χ1v) is 7.00. The molecule has 2 heterocycles. The summed E-state index contributed by atoms with van der Waals surface area (Å²) in [6.07, 6.45) is 3.99. The maximum atomic E-state index is 9.37. The zero-order valence-corrected chi connectivity index (χ0v) is 11.8. The van der Waals surface area contributed by atoms with Crippen LogP contribution in [0.1, 0.15) is 24.7 Å². The highest BCUT2D eigenvalue weighted by Gasteiger charge is 2.21. The van der Waals surface area contributed by atoms with Crippen LogP contribution in [0.15, 0.2) is 6.20 Å². The molecule has 1 atom stereocenters. The first-order valence-electron chi connectivity index (χ1n) is 7.00. The van der Waals surface area contributed by atoms with Crippen molar-refractivity contribution in [3.8, 4) is 0 Å². The van der Waals surface area contributed by atoms with Gasteiger partial charge in [0, 0.05) is 37.4 Å². The molecule has 2 rings (SSSR count). The van der Waals surface area contributed by atoms with Crippen molar-refractivity contribution < 1.29 is 9.84 Å². The van der Waals surface area contributed by atoms with E-state index >= 15 is 0 Å². The van der Waals surface area contributed by atoms with Gasteiger partial charge in [0.25, 0.3) is 0 Å². The van der Waals surface area contributed by atoms with Crippen molar-refractivity contribution >= 4 is 5.82 Å². The molecule has 19 heavy (non-hydrogen) atoms. The first-order chi connectivity index (χ1) is 9.24. The number of anilines is 1. The van der Waals surface area contributed by atoms with E-state index in [4.69, 9.17) is 4.74 Å². The molecule has 0 amide bonds. The minimum atomic E-state index is 0.156. The predicted octanol–water partition coefficient (Wildman–Crippen LogP) is 1.18. The molecule has 1 N–H and O–H groups in total. The SMILES string of the molecule is CCCc1cnc(C)nc1N1CCOCC(CO)C1. The average Bonchev–Trinajstić information content (AvgIpc) is 2.66. The Balaban J connectivity index is 2.24. The molecule has 0 aliphatic carbocycles. The van der Waals surface area contributed by atoms with Gasteiger partial charge >= 0.3 is 0 Å². The molecule has 5 heteroatoms. The summed E-state index contributed by atoms with van der Waals surface area (Å²) in [7, 11) is 0. The molecule has 0 bridgehead atoms. The summed E-state index contributed by atoms with van der Waals surface area (Å²) >= 11 is 0. The molecule has 5 nitrogen and oxygen atoms in total. The van der Waals surface area contributed by atoms with Crippen LogP contribution in [0.5, 0.6) is 0 Å². The molecular weight excluding hydrogens is 242 g/mol. The summed E-state index contributed by atoms with van der Waals surface area (Å²) in [4.78, 5) is 11.1. The Labute approximate surface area is 114 Å². The maximum absolute atomic E-state index is 9.37. The smallest absolute Gasteiger partial charge is 0.135 e. The van der Waals surface area contributed by atoms with Crippen molar-refractivity contribution in [2.75, 3.05) is 37.8 Å². The Kier molecular flexibility index (Phi) is 5.10. The van der Waals surface area contributed by atoms with Gasteiger partial charge in [0.1, 0.15) is 11.6 Å². The van der Waals surface area contributed by atoms with Gasteiger partial charge in [0.2, 0.25) is 0 Å². The molecular formula is C14H23N3O2. The summed E-state index contributed by atoms with van der Waals surface area (Å²) in [5.74, 6) is 1.96. The van der Waals surface area contributed by atoms with E-state index in [1.807, 2.05) is 13.1 Å². The van der Waals surface area contributed by atoms with E-state index in [0.29, 0.717) is 13.2 Å². The van der Waals surface area contributed by atoms with E-state index in [0.717, 1.165) is 37.6 Å². The normalized spacial score (nSPS) is 20.4. The van der Waals surface area contributed by atoms with Gasteiger partial charge in [-0.1, -0.05) is 13.3 Å². The van der Waals surface area contributed by atoms with E-state index in [-0.39, 0.29) is 12.5 Å². The fourth-order valence-electron chi connectivity index (χ4n) is 2.39. The molecule has 0 aromatic carbocycles. The summed E-state index contributed by atoms with van der Waals surface area (Å²) in [5.41, 5.74) is 1.19. The van der Waals surface area contributed by atoms with Crippen LogP contribution >= 0.6 is 0 Å². The van der Waals surface area contributed by atoms with E-state index in [9.17, 15) is 5.11 Å². The predicted molar refractivity (Wildman–Crippen MR) is 74.4 cm³/mol. The third kappa shape index (κ3) is 3.64. The number of ether oxygens (including phenoxy) is 1. The summed E-state index contributed by atoms with van der Waals surface area (Å²) < 4.78 is 5.53. The van der Waals surface area contributed by atoms with E-state index in [1.165, 1.54) is 5.56 Å². The van der Waals surface area contributed by atoms with Gasteiger partial charge in [0.15, 0.2) is 0 Å². The largest absolute Gasteiger partial charge is 0.396 e. The number of aromatic nitrogens is 2. The topological polar surface area (TPSA) is 58.5 Å². The third-order valence-electron chi connectivity index (χ3n) is 3.38. The van der Waals surface area contributed by atoms with Crippen LogP contribution < -0.4 is 4.90 Å². The van der Waals surface area contributed by atoms with E-state index in [2.05, 4.69) is 21.8 Å². The van der Waals surface area contributed by atoms with Gasteiger partial charge < -0.3 is 14.7 Å². The van der Waals surface area contributed by atoms with E-state index in [1.54, 1.807) is 0 Å². The average molecular weight is 265 g/mol. The fourth-order valence-corrected chi connectivity index (χ4v) is 2.39. The zero-order chi connectivity index (χ0) is 13.7. The lowest BCUT2D eigenvalue weighted by Gasteiger charge is -2.26. The van der Waals surface area contributed by atoms with Gasteiger partial charge in [-0.15, -0.1) is 0 Å². The van der Waals surface area contributed by atoms with Crippen LogP contribution in [-0.4, -0.2) is 48.0 Å². The molecule has 106 valence electrons. The van der Waals surface area contributed by atoms with Crippen LogP contribution in [0.4, 0.5) is 5.82 Å². The minimum Gasteiger partial charge on any atom is -0.396 e. The monoisotopic (exact) mass is 265 g/mol. The molecule has 1 aromatic rings. The zero-order valence-electron chi connectivity index (χ0n) is 11.8. The quantitative estimate of drug-likeness (QED) is 0.886. The van der Waals surface area contributed by atoms with Gasteiger partial charge in [0.05, 0.1) is 13.2 Å². The van der Waals surface area contributed by atoms with Crippen molar-refractivity contribution in [2.45, 2.75) is 26.7 Å². The molecule has 0 saturated carbocycles. The number of aliphatic hydroxyl groups is 1. The molecule has 1 aliphatic heterocycles.